The predicted octanol–water partition coefficient (Wildman–Crippen LogP) is 2.05. The standard InChI is InChI=1S/C10H23NOS/c1-4-10(5-2)11(7-9-13)6-8-12-3/h10,13H,4-9H2,1-3H3. The summed E-state index contributed by atoms with van der Waals surface area (Å²) in [5.74, 6) is 0.931. The third-order valence-electron chi connectivity index (χ3n) is 2.43. The molecule has 0 rings (SSSR count). The lowest BCUT2D eigenvalue weighted by Gasteiger charge is -2.29. The molecule has 0 saturated carbocycles. The Bertz CT molecular complexity index is 107. The molecule has 0 N–H and O–H groups in total. The maximum Gasteiger partial charge on any atom is 0.0589 e. The van der Waals surface area contributed by atoms with Gasteiger partial charge in [-0.15, -0.1) is 0 Å². The van der Waals surface area contributed by atoms with Gasteiger partial charge in [-0.2, -0.15) is 12.6 Å². The van der Waals surface area contributed by atoms with Crippen LogP contribution in [0.15, 0.2) is 0 Å². The minimum Gasteiger partial charge on any atom is -0.383 e. The van der Waals surface area contributed by atoms with Gasteiger partial charge in [0.25, 0.3) is 0 Å². The Hall–Kier alpha value is 0.270. The van der Waals surface area contributed by atoms with Crippen molar-refractivity contribution < 1.29 is 4.74 Å². The second-order valence-electron chi connectivity index (χ2n) is 3.22. The number of ether oxygens (including phenoxy) is 1. The molecule has 0 aromatic rings. The molecule has 0 bridgehead atoms. The molecule has 13 heavy (non-hydrogen) atoms. The molecule has 0 fully saturated rings. The Labute approximate surface area is 88.1 Å². The van der Waals surface area contributed by atoms with Crippen LogP contribution in [0.4, 0.5) is 0 Å². The summed E-state index contributed by atoms with van der Waals surface area (Å²) in [7, 11) is 1.76. The molecule has 3 heteroatoms. The van der Waals surface area contributed by atoms with Crippen molar-refractivity contribution in [1.29, 1.82) is 0 Å². The van der Waals surface area contributed by atoms with Crippen molar-refractivity contribution in [2.75, 3.05) is 32.6 Å². The van der Waals surface area contributed by atoms with Crippen molar-refractivity contribution in [2.45, 2.75) is 32.7 Å². The SMILES string of the molecule is CCC(CC)N(CCS)CCOC. The summed E-state index contributed by atoms with van der Waals surface area (Å²) in [5.41, 5.74) is 0. The molecule has 80 valence electrons. The summed E-state index contributed by atoms with van der Waals surface area (Å²) in [4.78, 5) is 2.47. The fourth-order valence-electron chi connectivity index (χ4n) is 1.62. The first-order valence-corrected chi connectivity index (χ1v) is 5.77. The van der Waals surface area contributed by atoms with E-state index in [4.69, 9.17) is 4.74 Å². The number of hydrogen-bond donors (Lipinski definition) is 1. The lowest BCUT2D eigenvalue weighted by Crippen LogP contribution is -2.38. The van der Waals surface area contributed by atoms with Crippen LogP contribution in [0.3, 0.4) is 0 Å². The first kappa shape index (κ1) is 13.3. The van der Waals surface area contributed by atoms with E-state index in [1.165, 1.54) is 12.8 Å². The van der Waals surface area contributed by atoms with E-state index in [-0.39, 0.29) is 0 Å². The normalized spacial score (nSPS) is 11.5. The zero-order chi connectivity index (χ0) is 10.1. The molecule has 0 saturated heterocycles. The van der Waals surface area contributed by atoms with Crippen LogP contribution in [0.2, 0.25) is 0 Å². The molecule has 0 amide bonds. The van der Waals surface area contributed by atoms with Crippen molar-refractivity contribution in [3.63, 3.8) is 0 Å². The zero-order valence-electron chi connectivity index (χ0n) is 9.12. The van der Waals surface area contributed by atoms with Crippen LogP contribution in [-0.2, 0) is 4.74 Å². The third kappa shape index (κ3) is 5.55. The Kier molecular flexibility index (Phi) is 9.03. The average molecular weight is 205 g/mol. The highest BCUT2D eigenvalue weighted by Crippen LogP contribution is 2.07. The van der Waals surface area contributed by atoms with E-state index in [0.717, 1.165) is 25.4 Å². The maximum atomic E-state index is 5.09. The fourth-order valence-corrected chi connectivity index (χ4v) is 1.88. The topological polar surface area (TPSA) is 12.5 Å². The molecule has 0 aromatic carbocycles. The highest BCUT2D eigenvalue weighted by molar-refractivity contribution is 7.80. The quantitative estimate of drug-likeness (QED) is 0.609. The Morgan fingerprint density at radius 1 is 1.23 bits per heavy atom. The molecule has 0 spiro atoms. The second-order valence-corrected chi connectivity index (χ2v) is 3.67. The van der Waals surface area contributed by atoms with E-state index in [0.29, 0.717) is 6.04 Å². The molecule has 0 heterocycles. The molecule has 0 unspecified atom stereocenters. The van der Waals surface area contributed by atoms with Gasteiger partial charge < -0.3 is 4.74 Å². The molecule has 0 aliphatic heterocycles. The summed E-state index contributed by atoms with van der Waals surface area (Å²) in [5, 5.41) is 0. The van der Waals surface area contributed by atoms with Gasteiger partial charge in [-0.3, -0.25) is 4.90 Å². The van der Waals surface area contributed by atoms with Crippen molar-refractivity contribution in [2.24, 2.45) is 0 Å². The second kappa shape index (κ2) is 8.85. The zero-order valence-corrected chi connectivity index (χ0v) is 10.0. The van der Waals surface area contributed by atoms with Gasteiger partial charge >= 0.3 is 0 Å². The molecule has 2 nitrogen and oxygen atoms in total. The van der Waals surface area contributed by atoms with E-state index >= 15 is 0 Å². The van der Waals surface area contributed by atoms with Gasteiger partial charge in [0.2, 0.25) is 0 Å². The molecule has 0 aromatic heterocycles. The van der Waals surface area contributed by atoms with Gasteiger partial charge in [0.1, 0.15) is 0 Å². The van der Waals surface area contributed by atoms with Crippen molar-refractivity contribution >= 4 is 12.6 Å². The lowest BCUT2D eigenvalue weighted by molar-refractivity contribution is 0.121. The summed E-state index contributed by atoms with van der Waals surface area (Å²) < 4.78 is 5.09. The van der Waals surface area contributed by atoms with E-state index in [1.807, 2.05) is 0 Å². The van der Waals surface area contributed by atoms with Crippen LogP contribution in [-0.4, -0.2) is 43.5 Å². The molecule has 0 radical (unpaired) electrons. The van der Waals surface area contributed by atoms with Crippen LogP contribution in [0, 0.1) is 0 Å². The Morgan fingerprint density at radius 3 is 2.23 bits per heavy atom. The van der Waals surface area contributed by atoms with Crippen molar-refractivity contribution in [3.8, 4) is 0 Å². The van der Waals surface area contributed by atoms with Crippen LogP contribution in [0.25, 0.3) is 0 Å². The Morgan fingerprint density at radius 2 is 1.85 bits per heavy atom. The monoisotopic (exact) mass is 205 g/mol. The van der Waals surface area contributed by atoms with Crippen LogP contribution >= 0.6 is 12.6 Å². The van der Waals surface area contributed by atoms with Gasteiger partial charge in [0.05, 0.1) is 6.61 Å². The van der Waals surface area contributed by atoms with E-state index in [9.17, 15) is 0 Å². The lowest BCUT2D eigenvalue weighted by atomic mass is 10.1. The summed E-state index contributed by atoms with van der Waals surface area (Å²) >= 11 is 4.27. The van der Waals surface area contributed by atoms with Crippen molar-refractivity contribution in [1.82, 2.24) is 4.90 Å². The van der Waals surface area contributed by atoms with Crippen LogP contribution < -0.4 is 0 Å². The number of rotatable bonds is 8. The van der Waals surface area contributed by atoms with Gasteiger partial charge in [0, 0.05) is 32.0 Å². The largest absolute Gasteiger partial charge is 0.383 e. The molecule has 0 aliphatic carbocycles. The number of methoxy groups -OCH3 is 1. The summed E-state index contributed by atoms with van der Waals surface area (Å²) in [6.07, 6.45) is 2.43. The van der Waals surface area contributed by atoms with Crippen LogP contribution in [0.5, 0.6) is 0 Å². The highest BCUT2D eigenvalue weighted by atomic mass is 32.1. The number of nitrogens with zero attached hydrogens (tertiary/aromatic N) is 1. The van der Waals surface area contributed by atoms with E-state index < -0.39 is 0 Å². The first-order chi connectivity index (χ1) is 6.29. The predicted molar refractivity (Wildman–Crippen MR) is 61.7 cm³/mol. The van der Waals surface area contributed by atoms with Gasteiger partial charge in [-0.25, -0.2) is 0 Å². The van der Waals surface area contributed by atoms with E-state index in [2.05, 4.69) is 31.4 Å². The molecular weight excluding hydrogens is 182 g/mol. The molecular formula is C10H23NOS. The Balaban J connectivity index is 3.88. The maximum absolute atomic E-state index is 5.09. The van der Waals surface area contributed by atoms with E-state index in [1.54, 1.807) is 7.11 Å². The number of hydrogen-bond acceptors (Lipinski definition) is 3. The summed E-state index contributed by atoms with van der Waals surface area (Å²) in [6.45, 7) is 7.41. The van der Waals surface area contributed by atoms with Crippen molar-refractivity contribution in [3.05, 3.63) is 0 Å². The minimum atomic E-state index is 0.697. The van der Waals surface area contributed by atoms with Gasteiger partial charge in [-0.05, 0) is 12.8 Å². The first-order valence-electron chi connectivity index (χ1n) is 5.13. The third-order valence-corrected chi connectivity index (χ3v) is 2.63. The minimum absolute atomic E-state index is 0.697. The number of thiol groups is 1. The fraction of sp³-hybridized carbons (Fsp3) is 1.00. The highest BCUT2D eigenvalue weighted by Gasteiger charge is 2.13. The molecule has 0 aliphatic rings. The smallest absolute Gasteiger partial charge is 0.0589 e. The van der Waals surface area contributed by atoms with Crippen LogP contribution in [0.1, 0.15) is 26.7 Å². The molecule has 0 atom stereocenters. The van der Waals surface area contributed by atoms with Gasteiger partial charge in [-0.1, -0.05) is 13.8 Å². The summed E-state index contributed by atoms with van der Waals surface area (Å²) in [6, 6.07) is 0.697. The van der Waals surface area contributed by atoms with Gasteiger partial charge in [0.15, 0.2) is 0 Å². The average Bonchev–Trinajstić information content (AvgIpc) is 2.16.